The van der Waals surface area contributed by atoms with Gasteiger partial charge in [-0.1, -0.05) is 36.4 Å². The Hall–Kier alpha value is -2.88. The topological polar surface area (TPSA) is 134 Å². The second-order valence-electron chi connectivity index (χ2n) is 6.94. The lowest BCUT2D eigenvalue weighted by atomic mass is 9.72. The number of carbonyl (C=O) groups excluding carboxylic acids is 1. The second-order valence-corrected chi connectivity index (χ2v) is 6.94. The van der Waals surface area contributed by atoms with E-state index in [0.29, 0.717) is 18.7 Å². The molecule has 29 heavy (non-hydrogen) atoms. The number of hydrogen-bond acceptors (Lipinski definition) is 6. The van der Waals surface area contributed by atoms with Crippen molar-refractivity contribution in [1.29, 1.82) is 0 Å². The highest BCUT2D eigenvalue weighted by Gasteiger charge is 2.37. The first-order chi connectivity index (χ1) is 14.0. The average Bonchev–Trinajstić information content (AvgIpc) is 2.69. The smallest absolute Gasteiger partial charge is 0.534 e. The van der Waals surface area contributed by atoms with Crippen molar-refractivity contribution in [2.75, 3.05) is 13.1 Å². The van der Waals surface area contributed by atoms with Crippen molar-refractivity contribution in [3.8, 4) is 5.75 Å². The van der Waals surface area contributed by atoms with E-state index in [9.17, 15) is 19.7 Å². The maximum Gasteiger partial charge on any atom is 0.547 e. The van der Waals surface area contributed by atoms with Crippen molar-refractivity contribution in [3.63, 3.8) is 0 Å². The van der Waals surface area contributed by atoms with Crippen LogP contribution in [0.25, 0.3) is 0 Å². The molecular formula is C20H24BN3O5. The number of fused-ring (bicyclic) bond motifs is 1. The highest BCUT2D eigenvalue weighted by atomic mass is 16.5. The number of para-hydroxylation sites is 1. The Morgan fingerprint density at radius 2 is 1.90 bits per heavy atom. The molecule has 0 aliphatic carbocycles. The van der Waals surface area contributed by atoms with Crippen LogP contribution in [-0.4, -0.2) is 48.2 Å². The Labute approximate surface area is 169 Å². The van der Waals surface area contributed by atoms with Crippen LogP contribution in [0.1, 0.15) is 27.0 Å². The second kappa shape index (κ2) is 9.55. The van der Waals surface area contributed by atoms with E-state index >= 15 is 0 Å². The van der Waals surface area contributed by atoms with Gasteiger partial charge in [0.25, 0.3) is 0 Å². The van der Waals surface area contributed by atoms with E-state index in [1.807, 2.05) is 24.3 Å². The highest BCUT2D eigenvalue weighted by molar-refractivity contribution is 6.47. The predicted octanol–water partition coefficient (Wildman–Crippen LogP) is 0.115. The Balaban J connectivity index is 1.58. The van der Waals surface area contributed by atoms with E-state index in [4.69, 9.17) is 10.4 Å². The molecule has 0 radical (unpaired) electrons. The van der Waals surface area contributed by atoms with Crippen molar-refractivity contribution >= 4 is 19.0 Å². The fraction of sp³-hybridized carbons (Fsp3) is 0.300. The van der Waals surface area contributed by atoms with Gasteiger partial charge in [0.2, 0.25) is 5.91 Å². The normalized spacial score (nSPS) is 15.4. The maximum absolute atomic E-state index is 12.4. The predicted molar refractivity (Wildman–Crippen MR) is 109 cm³/mol. The SMILES string of the molecule is NCCNCc1ccc(CC(=O)N[C@H]2Cc3cccc(C(=O)O)c3OB2O)cc1. The van der Waals surface area contributed by atoms with Crippen LogP contribution in [0, 0.1) is 0 Å². The lowest BCUT2D eigenvalue weighted by Crippen LogP contribution is -2.53. The molecule has 0 spiro atoms. The minimum atomic E-state index is -1.32. The van der Waals surface area contributed by atoms with Crippen LogP contribution in [0.5, 0.6) is 5.75 Å². The number of carboxylic acids is 1. The minimum Gasteiger partial charge on any atom is -0.534 e. The first-order valence-corrected chi connectivity index (χ1v) is 9.46. The van der Waals surface area contributed by atoms with Crippen LogP contribution in [0.15, 0.2) is 42.5 Å². The molecule has 1 heterocycles. The number of carboxylic acid groups (broad SMARTS) is 1. The van der Waals surface area contributed by atoms with Crippen LogP contribution in [0.2, 0.25) is 0 Å². The standard InChI is InChI=1S/C20H24BN3O5/c22-8-9-23-12-14-6-4-13(5-7-14)10-18(25)24-17-11-15-2-1-3-16(20(26)27)19(15)29-21(17)28/h1-7,17,23,28H,8-12,22H2,(H,24,25)(H,26,27)/t17-/m0/s1. The summed E-state index contributed by atoms with van der Waals surface area (Å²) in [6, 6.07) is 12.4. The number of rotatable bonds is 8. The van der Waals surface area contributed by atoms with Gasteiger partial charge >= 0.3 is 13.1 Å². The number of nitrogens with two attached hydrogens (primary N) is 1. The Morgan fingerprint density at radius 3 is 2.59 bits per heavy atom. The van der Waals surface area contributed by atoms with Crippen molar-refractivity contribution in [2.45, 2.75) is 25.3 Å². The molecule has 3 rings (SSSR count). The molecule has 2 aromatic rings. The Kier molecular flexibility index (Phi) is 6.87. The summed E-state index contributed by atoms with van der Waals surface area (Å²) in [4.78, 5) is 23.7. The van der Waals surface area contributed by atoms with Gasteiger partial charge < -0.3 is 31.2 Å². The monoisotopic (exact) mass is 397 g/mol. The zero-order chi connectivity index (χ0) is 20.8. The Morgan fingerprint density at radius 1 is 1.17 bits per heavy atom. The molecule has 1 atom stereocenters. The molecular weight excluding hydrogens is 373 g/mol. The lowest BCUT2D eigenvalue weighted by molar-refractivity contribution is -0.120. The molecule has 0 saturated heterocycles. The largest absolute Gasteiger partial charge is 0.547 e. The molecule has 2 aromatic carbocycles. The molecule has 0 unspecified atom stereocenters. The fourth-order valence-corrected chi connectivity index (χ4v) is 3.27. The molecule has 1 aliphatic heterocycles. The van der Waals surface area contributed by atoms with Crippen molar-refractivity contribution in [2.24, 2.45) is 5.73 Å². The van der Waals surface area contributed by atoms with Gasteiger partial charge in [-0.05, 0) is 29.2 Å². The van der Waals surface area contributed by atoms with E-state index in [1.165, 1.54) is 6.07 Å². The first kappa shape index (κ1) is 20.8. The third-order valence-electron chi connectivity index (χ3n) is 4.73. The van der Waals surface area contributed by atoms with Crippen LogP contribution < -0.4 is 21.0 Å². The van der Waals surface area contributed by atoms with Gasteiger partial charge in [0, 0.05) is 19.6 Å². The van der Waals surface area contributed by atoms with Gasteiger partial charge in [-0.15, -0.1) is 0 Å². The summed E-state index contributed by atoms with van der Waals surface area (Å²) >= 11 is 0. The third-order valence-corrected chi connectivity index (χ3v) is 4.73. The third kappa shape index (κ3) is 5.35. The number of carbonyl (C=O) groups is 2. The summed E-state index contributed by atoms with van der Waals surface area (Å²) < 4.78 is 5.39. The molecule has 0 saturated carbocycles. The lowest BCUT2D eigenvalue weighted by Gasteiger charge is -2.28. The maximum atomic E-state index is 12.4. The zero-order valence-electron chi connectivity index (χ0n) is 15.9. The first-order valence-electron chi connectivity index (χ1n) is 9.46. The quantitative estimate of drug-likeness (QED) is 0.315. The molecule has 8 nitrogen and oxygen atoms in total. The molecule has 1 aliphatic rings. The van der Waals surface area contributed by atoms with Gasteiger partial charge in [-0.3, -0.25) is 4.79 Å². The molecule has 152 valence electrons. The summed E-state index contributed by atoms with van der Waals surface area (Å²) in [5, 5.41) is 25.5. The highest BCUT2D eigenvalue weighted by Crippen LogP contribution is 2.30. The van der Waals surface area contributed by atoms with Gasteiger partial charge in [0.15, 0.2) is 0 Å². The summed E-state index contributed by atoms with van der Waals surface area (Å²) in [5.74, 6) is -1.88. The molecule has 6 N–H and O–H groups in total. The molecule has 1 amide bonds. The van der Waals surface area contributed by atoms with Gasteiger partial charge in [-0.25, -0.2) is 4.79 Å². The minimum absolute atomic E-state index is 0.00707. The summed E-state index contributed by atoms with van der Waals surface area (Å²) in [7, 11) is -1.32. The van der Waals surface area contributed by atoms with Crippen LogP contribution >= 0.6 is 0 Å². The van der Waals surface area contributed by atoms with Gasteiger partial charge in [-0.2, -0.15) is 0 Å². The number of nitrogens with one attached hydrogen (secondary N) is 2. The summed E-state index contributed by atoms with van der Waals surface area (Å²) in [6.07, 6.45) is 0.455. The number of hydrogen-bond donors (Lipinski definition) is 5. The van der Waals surface area contributed by atoms with Crippen molar-refractivity contribution in [3.05, 3.63) is 64.7 Å². The number of amides is 1. The van der Waals surface area contributed by atoms with Crippen LogP contribution in [0.4, 0.5) is 0 Å². The zero-order valence-corrected chi connectivity index (χ0v) is 15.9. The van der Waals surface area contributed by atoms with Crippen LogP contribution in [0.3, 0.4) is 0 Å². The molecule has 0 fully saturated rings. The van der Waals surface area contributed by atoms with Gasteiger partial charge in [0.1, 0.15) is 5.75 Å². The van der Waals surface area contributed by atoms with E-state index in [0.717, 1.165) is 17.7 Å². The average molecular weight is 397 g/mol. The molecule has 0 bridgehead atoms. The molecule has 0 aromatic heterocycles. The Bertz CT molecular complexity index is 875. The van der Waals surface area contributed by atoms with Crippen molar-refractivity contribution < 1.29 is 24.4 Å². The van der Waals surface area contributed by atoms with Crippen LogP contribution in [-0.2, 0) is 24.2 Å². The number of aromatic carboxylic acids is 1. The van der Waals surface area contributed by atoms with E-state index in [2.05, 4.69) is 10.6 Å². The van der Waals surface area contributed by atoms with Gasteiger partial charge in [0.05, 0.1) is 17.9 Å². The van der Waals surface area contributed by atoms with E-state index in [1.54, 1.807) is 12.1 Å². The number of benzene rings is 2. The van der Waals surface area contributed by atoms with Crippen molar-refractivity contribution in [1.82, 2.24) is 10.6 Å². The fourth-order valence-electron chi connectivity index (χ4n) is 3.27. The molecule has 9 heteroatoms. The summed E-state index contributed by atoms with van der Waals surface area (Å²) in [6.45, 7) is 2.04. The van der Waals surface area contributed by atoms with E-state index in [-0.39, 0.29) is 30.1 Å². The van der Waals surface area contributed by atoms with E-state index < -0.39 is 19.0 Å². The summed E-state index contributed by atoms with van der Waals surface area (Å²) in [5.41, 5.74) is 8.03.